The largest absolute Gasteiger partial charge is 0.474 e. The van der Waals surface area contributed by atoms with Gasteiger partial charge in [-0.15, -0.1) is 0 Å². The number of aromatic nitrogens is 2. The van der Waals surface area contributed by atoms with Crippen LogP contribution in [0.15, 0.2) is 47.1 Å². The van der Waals surface area contributed by atoms with E-state index >= 15 is 0 Å². The highest BCUT2D eigenvalue weighted by Gasteiger charge is 2.36. The van der Waals surface area contributed by atoms with Crippen LogP contribution in [0.1, 0.15) is 32.6 Å². The van der Waals surface area contributed by atoms with Gasteiger partial charge in [0.15, 0.2) is 11.4 Å². The molecule has 5 heterocycles. The molecule has 174 valence electrons. The van der Waals surface area contributed by atoms with Crippen molar-refractivity contribution in [1.29, 1.82) is 0 Å². The summed E-state index contributed by atoms with van der Waals surface area (Å²) < 4.78 is 11.8. The van der Waals surface area contributed by atoms with Crippen molar-refractivity contribution in [3.8, 4) is 5.88 Å². The molecule has 3 aromatic rings. The molecule has 7 nitrogen and oxygen atoms in total. The highest BCUT2D eigenvalue weighted by molar-refractivity contribution is 5.88. The number of benzene rings is 1. The summed E-state index contributed by atoms with van der Waals surface area (Å²) in [6, 6.07) is 12.9. The molecule has 7 heteroatoms. The van der Waals surface area contributed by atoms with Gasteiger partial charge >= 0.3 is 0 Å². The van der Waals surface area contributed by atoms with Crippen molar-refractivity contribution in [1.82, 2.24) is 15.0 Å². The molecule has 0 amide bonds. The molecule has 3 aliphatic rings. The average Bonchev–Trinajstić information content (AvgIpc) is 3.54. The first-order chi connectivity index (χ1) is 16.2. The van der Waals surface area contributed by atoms with Gasteiger partial charge in [0, 0.05) is 57.3 Å². The fourth-order valence-corrected chi connectivity index (χ4v) is 5.77. The van der Waals surface area contributed by atoms with Crippen molar-refractivity contribution in [2.75, 3.05) is 49.1 Å². The zero-order valence-electron chi connectivity index (χ0n) is 19.4. The number of rotatable bonds is 5. The highest BCUT2D eigenvalue weighted by Crippen LogP contribution is 2.33. The van der Waals surface area contributed by atoms with Gasteiger partial charge in [0.05, 0.1) is 17.3 Å². The van der Waals surface area contributed by atoms with Crippen LogP contribution in [-0.4, -0.2) is 66.5 Å². The minimum absolute atomic E-state index is 0.161. The Morgan fingerprint density at radius 3 is 2.70 bits per heavy atom. The number of piperazine rings is 1. The summed E-state index contributed by atoms with van der Waals surface area (Å²) in [5, 5.41) is 5.50. The van der Waals surface area contributed by atoms with E-state index in [1.54, 1.807) is 0 Å². The topological polar surface area (TPSA) is 57.9 Å². The molecule has 0 N–H and O–H groups in total. The second-order valence-electron chi connectivity index (χ2n) is 9.81. The molecule has 1 aromatic carbocycles. The van der Waals surface area contributed by atoms with E-state index < -0.39 is 0 Å². The quantitative estimate of drug-likeness (QED) is 0.581. The van der Waals surface area contributed by atoms with Crippen LogP contribution in [0.2, 0.25) is 0 Å². The zero-order chi connectivity index (χ0) is 22.2. The molecule has 0 aliphatic carbocycles. The van der Waals surface area contributed by atoms with E-state index in [4.69, 9.17) is 9.26 Å². The number of nitrogens with zero attached hydrogens (tertiary/aromatic N) is 5. The lowest BCUT2D eigenvalue weighted by Gasteiger charge is -2.47. The van der Waals surface area contributed by atoms with Crippen LogP contribution in [0.3, 0.4) is 0 Å². The van der Waals surface area contributed by atoms with Crippen LogP contribution in [-0.2, 0) is 0 Å². The number of para-hydroxylation sites is 1. The number of anilines is 2. The molecule has 0 spiro atoms. The lowest BCUT2D eigenvalue weighted by molar-refractivity contribution is 0.0385. The van der Waals surface area contributed by atoms with Crippen molar-refractivity contribution < 1.29 is 9.26 Å². The Labute approximate surface area is 195 Å². The van der Waals surface area contributed by atoms with Gasteiger partial charge in [0.25, 0.3) is 0 Å². The van der Waals surface area contributed by atoms with Crippen LogP contribution in [0.4, 0.5) is 11.5 Å². The van der Waals surface area contributed by atoms with Gasteiger partial charge in [-0.2, -0.15) is 0 Å². The van der Waals surface area contributed by atoms with Gasteiger partial charge in [0.2, 0.25) is 5.88 Å². The van der Waals surface area contributed by atoms with E-state index in [9.17, 15) is 0 Å². The highest BCUT2D eigenvalue weighted by atomic mass is 16.5. The minimum atomic E-state index is 0.161. The lowest BCUT2D eigenvalue weighted by Crippen LogP contribution is -2.57. The van der Waals surface area contributed by atoms with E-state index in [0.717, 1.165) is 61.9 Å². The summed E-state index contributed by atoms with van der Waals surface area (Å²) in [7, 11) is 0. The van der Waals surface area contributed by atoms with Crippen molar-refractivity contribution in [2.24, 2.45) is 5.92 Å². The first-order valence-corrected chi connectivity index (χ1v) is 12.5. The fourth-order valence-electron chi connectivity index (χ4n) is 5.77. The van der Waals surface area contributed by atoms with Crippen molar-refractivity contribution >= 4 is 22.5 Å². The number of hydrogen-bond donors (Lipinski definition) is 0. The zero-order valence-corrected chi connectivity index (χ0v) is 19.4. The summed E-state index contributed by atoms with van der Waals surface area (Å²) in [5.74, 6) is 2.27. The Morgan fingerprint density at radius 2 is 1.85 bits per heavy atom. The van der Waals surface area contributed by atoms with Gasteiger partial charge in [-0.05, 0) is 50.8 Å². The van der Waals surface area contributed by atoms with Gasteiger partial charge in [0.1, 0.15) is 6.10 Å². The molecule has 0 radical (unpaired) electrons. The van der Waals surface area contributed by atoms with Gasteiger partial charge in [-0.3, -0.25) is 4.90 Å². The number of hydrogen-bond acceptors (Lipinski definition) is 7. The molecular weight excluding hydrogens is 414 g/mol. The molecule has 0 bridgehead atoms. The Bertz CT molecular complexity index is 1080. The molecular formula is C26H33N5O2. The number of ether oxygens (including phenoxy) is 1. The van der Waals surface area contributed by atoms with Gasteiger partial charge < -0.3 is 19.1 Å². The summed E-state index contributed by atoms with van der Waals surface area (Å²) in [6.07, 6.45) is 7.06. The smallest absolute Gasteiger partial charge is 0.213 e. The normalized spacial score (nSPS) is 24.8. The fraction of sp³-hybridized carbons (Fsp3) is 0.538. The van der Waals surface area contributed by atoms with Crippen molar-refractivity contribution in [3.63, 3.8) is 0 Å². The third-order valence-corrected chi connectivity index (χ3v) is 7.76. The van der Waals surface area contributed by atoms with Crippen LogP contribution in [0.5, 0.6) is 5.88 Å². The minimum Gasteiger partial charge on any atom is -0.474 e. The maximum atomic E-state index is 6.29. The van der Waals surface area contributed by atoms with Crippen LogP contribution < -0.4 is 14.5 Å². The summed E-state index contributed by atoms with van der Waals surface area (Å²) >= 11 is 0. The predicted octanol–water partition coefficient (Wildman–Crippen LogP) is 4.19. The molecule has 1 unspecified atom stereocenters. The molecule has 0 saturated carbocycles. The van der Waals surface area contributed by atoms with E-state index in [1.165, 1.54) is 31.4 Å². The average molecular weight is 448 g/mol. The molecule has 3 saturated heterocycles. The molecule has 33 heavy (non-hydrogen) atoms. The molecule has 3 fully saturated rings. The van der Waals surface area contributed by atoms with Crippen LogP contribution >= 0.6 is 0 Å². The Kier molecular flexibility index (Phi) is 5.58. The summed E-state index contributed by atoms with van der Waals surface area (Å²) in [6.45, 7) is 8.62. The van der Waals surface area contributed by atoms with E-state index in [0.29, 0.717) is 12.0 Å². The number of fused-ring (bicyclic) bond motifs is 2. The lowest BCUT2D eigenvalue weighted by atomic mass is 9.88. The SMILES string of the molecule is CC(Oc1ccc(N2CCCC2)cn1)[C@H]1CC[C@H]2CN(c3noc4ccccc34)CCN2C1. The number of piperidine rings is 1. The molecule has 3 aliphatic heterocycles. The maximum Gasteiger partial charge on any atom is 0.213 e. The second kappa shape index (κ2) is 8.86. The first-order valence-electron chi connectivity index (χ1n) is 12.5. The third-order valence-electron chi connectivity index (χ3n) is 7.76. The van der Waals surface area contributed by atoms with Crippen LogP contribution in [0, 0.1) is 5.92 Å². The molecule has 6 rings (SSSR count). The predicted molar refractivity (Wildman–Crippen MR) is 130 cm³/mol. The molecule has 3 atom stereocenters. The second-order valence-corrected chi connectivity index (χ2v) is 9.81. The van der Waals surface area contributed by atoms with E-state index in [1.807, 2.05) is 24.4 Å². The van der Waals surface area contributed by atoms with Gasteiger partial charge in [-0.1, -0.05) is 17.3 Å². The summed E-state index contributed by atoms with van der Waals surface area (Å²) in [4.78, 5) is 12.1. The number of pyridine rings is 1. The van der Waals surface area contributed by atoms with Crippen LogP contribution in [0.25, 0.3) is 11.0 Å². The maximum absolute atomic E-state index is 6.29. The van der Waals surface area contributed by atoms with Crippen molar-refractivity contribution in [2.45, 2.75) is 44.8 Å². The monoisotopic (exact) mass is 447 g/mol. The summed E-state index contributed by atoms with van der Waals surface area (Å²) in [5.41, 5.74) is 2.08. The Morgan fingerprint density at radius 1 is 0.970 bits per heavy atom. The standard InChI is InChI=1S/C26H33N5O2/c1-19(32-25-11-10-21(16-27-25)29-12-4-5-13-29)20-8-9-22-18-31(15-14-30(22)17-20)26-23-6-2-3-7-24(23)33-28-26/h2-3,6-7,10-11,16,19-20,22H,4-5,8-9,12-15,17-18H2,1H3/t19?,20-,22-/m0/s1. The van der Waals surface area contributed by atoms with E-state index in [-0.39, 0.29) is 6.10 Å². The van der Waals surface area contributed by atoms with Crippen molar-refractivity contribution in [3.05, 3.63) is 42.6 Å². The Balaban J connectivity index is 1.05. The van der Waals surface area contributed by atoms with E-state index in [2.05, 4.69) is 50.0 Å². The first kappa shape index (κ1) is 20.8. The van der Waals surface area contributed by atoms with Gasteiger partial charge in [-0.25, -0.2) is 4.98 Å². The third kappa shape index (κ3) is 4.14. The Hall–Kier alpha value is -2.80. The molecule has 2 aromatic heterocycles.